The quantitative estimate of drug-likeness (QED) is 0.782. The zero-order chi connectivity index (χ0) is 15.3. The summed E-state index contributed by atoms with van der Waals surface area (Å²) in [6.45, 7) is 1.09. The fourth-order valence-corrected chi connectivity index (χ4v) is 2.68. The van der Waals surface area contributed by atoms with Crippen molar-refractivity contribution in [3.63, 3.8) is 0 Å². The Morgan fingerprint density at radius 2 is 1.85 bits per heavy atom. The van der Waals surface area contributed by atoms with Gasteiger partial charge in [-0.2, -0.15) is 4.72 Å². The van der Waals surface area contributed by atoms with Gasteiger partial charge in [-0.05, 0) is 24.6 Å². The number of ether oxygens (including phenoxy) is 2. The molecule has 0 fully saturated rings. The molecular formula is C12H15NO6S. The number of rotatable bonds is 5. The van der Waals surface area contributed by atoms with Crippen molar-refractivity contribution in [2.24, 2.45) is 0 Å². The molecule has 1 rings (SSSR count). The highest BCUT2D eigenvalue weighted by atomic mass is 32.2. The van der Waals surface area contributed by atoms with Crippen molar-refractivity contribution in [1.29, 1.82) is 0 Å². The fraction of sp³-hybridized carbons (Fsp3) is 0.333. The highest BCUT2D eigenvalue weighted by Gasteiger charge is 2.20. The molecule has 0 unspecified atom stereocenters. The highest BCUT2D eigenvalue weighted by Crippen LogP contribution is 2.17. The predicted octanol–water partition coefficient (Wildman–Crippen LogP) is 0.233. The molecule has 0 aliphatic heterocycles. The van der Waals surface area contributed by atoms with Gasteiger partial charge in [0.15, 0.2) is 0 Å². The van der Waals surface area contributed by atoms with Crippen LogP contribution in [0, 0.1) is 6.92 Å². The number of methoxy groups -OCH3 is 2. The Hall–Kier alpha value is -1.93. The van der Waals surface area contributed by atoms with Crippen LogP contribution < -0.4 is 4.72 Å². The molecule has 110 valence electrons. The normalized spacial score (nSPS) is 10.9. The monoisotopic (exact) mass is 301 g/mol. The van der Waals surface area contributed by atoms with Crippen LogP contribution in [0.4, 0.5) is 0 Å². The lowest BCUT2D eigenvalue weighted by Gasteiger charge is -2.10. The van der Waals surface area contributed by atoms with E-state index >= 15 is 0 Å². The minimum atomic E-state index is -3.92. The highest BCUT2D eigenvalue weighted by molar-refractivity contribution is 7.89. The van der Waals surface area contributed by atoms with Crippen LogP contribution in [0.15, 0.2) is 23.1 Å². The number of hydrogen-bond acceptors (Lipinski definition) is 6. The maximum atomic E-state index is 12.1. The molecule has 0 aromatic heterocycles. The number of sulfonamides is 1. The third-order valence-corrected chi connectivity index (χ3v) is 4.08. The van der Waals surface area contributed by atoms with Gasteiger partial charge in [0.25, 0.3) is 0 Å². The van der Waals surface area contributed by atoms with Crippen molar-refractivity contribution in [2.75, 3.05) is 20.8 Å². The molecule has 0 amide bonds. The van der Waals surface area contributed by atoms with Gasteiger partial charge in [0.1, 0.15) is 6.54 Å². The number of aryl methyl sites for hydroxylation is 1. The van der Waals surface area contributed by atoms with Gasteiger partial charge in [-0.3, -0.25) is 4.79 Å². The van der Waals surface area contributed by atoms with E-state index < -0.39 is 28.5 Å². The number of hydrogen-bond donors (Lipinski definition) is 1. The first-order valence-electron chi connectivity index (χ1n) is 5.57. The Bertz CT molecular complexity index is 623. The van der Waals surface area contributed by atoms with Gasteiger partial charge >= 0.3 is 11.9 Å². The zero-order valence-electron chi connectivity index (χ0n) is 11.3. The molecular weight excluding hydrogens is 286 g/mol. The number of carbonyl (C=O) groups excluding carboxylic acids is 2. The zero-order valence-corrected chi connectivity index (χ0v) is 12.1. The summed E-state index contributed by atoms with van der Waals surface area (Å²) in [7, 11) is -1.57. The van der Waals surface area contributed by atoms with Crippen LogP contribution in [-0.2, 0) is 24.3 Å². The van der Waals surface area contributed by atoms with Crippen molar-refractivity contribution in [1.82, 2.24) is 4.72 Å². The third kappa shape index (κ3) is 3.78. The summed E-state index contributed by atoms with van der Waals surface area (Å²) < 4.78 is 35.1. The van der Waals surface area contributed by atoms with Crippen molar-refractivity contribution in [3.05, 3.63) is 29.3 Å². The van der Waals surface area contributed by atoms with E-state index in [4.69, 9.17) is 0 Å². The lowest BCUT2D eigenvalue weighted by molar-refractivity contribution is -0.139. The van der Waals surface area contributed by atoms with E-state index in [1.54, 1.807) is 6.92 Å². The first kappa shape index (κ1) is 16.1. The molecule has 0 aliphatic carbocycles. The molecule has 0 aliphatic rings. The molecule has 0 saturated carbocycles. The first-order valence-corrected chi connectivity index (χ1v) is 7.05. The summed E-state index contributed by atoms with van der Waals surface area (Å²) in [5.74, 6) is -1.36. The van der Waals surface area contributed by atoms with Crippen molar-refractivity contribution in [2.45, 2.75) is 11.8 Å². The molecule has 8 heteroatoms. The molecule has 0 spiro atoms. The molecule has 0 bridgehead atoms. The lowest BCUT2D eigenvalue weighted by atomic mass is 10.1. The summed E-state index contributed by atoms with van der Waals surface area (Å²) in [6, 6.07) is 4.14. The number of esters is 2. The van der Waals surface area contributed by atoms with Gasteiger partial charge in [-0.25, -0.2) is 13.2 Å². The molecule has 0 saturated heterocycles. The Morgan fingerprint density at radius 3 is 2.40 bits per heavy atom. The van der Waals surface area contributed by atoms with E-state index in [0.29, 0.717) is 5.56 Å². The largest absolute Gasteiger partial charge is 0.468 e. The fourth-order valence-electron chi connectivity index (χ4n) is 1.44. The lowest BCUT2D eigenvalue weighted by Crippen LogP contribution is -2.30. The van der Waals surface area contributed by atoms with E-state index in [-0.39, 0.29) is 10.5 Å². The number of nitrogens with one attached hydrogen (secondary N) is 1. The SMILES string of the molecule is COC(=O)CNS(=O)(=O)c1cc(C(=O)OC)ccc1C. The van der Waals surface area contributed by atoms with Crippen LogP contribution in [0.25, 0.3) is 0 Å². The van der Waals surface area contributed by atoms with Crippen LogP contribution in [0.1, 0.15) is 15.9 Å². The first-order chi connectivity index (χ1) is 9.31. The number of carbonyl (C=O) groups is 2. The third-order valence-electron chi connectivity index (χ3n) is 2.53. The summed E-state index contributed by atoms with van der Waals surface area (Å²) >= 11 is 0. The standard InChI is InChI=1S/C12H15NO6S/c1-8-4-5-9(12(15)19-3)6-10(8)20(16,17)13-7-11(14)18-2/h4-6,13H,7H2,1-3H3. The second-order valence-corrected chi connectivity index (χ2v) is 5.61. The Morgan fingerprint density at radius 1 is 1.20 bits per heavy atom. The summed E-state index contributed by atoms with van der Waals surface area (Å²) in [6.07, 6.45) is 0. The minimum absolute atomic E-state index is 0.0932. The molecule has 1 aromatic carbocycles. The summed E-state index contributed by atoms with van der Waals surface area (Å²) in [5.41, 5.74) is 0.548. The topological polar surface area (TPSA) is 98.8 Å². The van der Waals surface area contributed by atoms with Gasteiger partial charge in [-0.15, -0.1) is 0 Å². The Kier molecular flexibility index (Phi) is 5.23. The molecule has 0 radical (unpaired) electrons. The van der Waals surface area contributed by atoms with E-state index in [1.165, 1.54) is 25.3 Å². The Labute approximate surface area is 116 Å². The second kappa shape index (κ2) is 6.49. The molecule has 0 heterocycles. The Balaban J connectivity index is 3.11. The van der Waals surface area contributed by atoms with Crippen molar-refractivity contribution >= 4 is 22.0 Å². The van der Waals surface area contributed by atoms with Crippen LogP contribution in [0.3, 0.4) is 0 Å². The maximum absolute atomic E-state index is 12.1. The van der Waals surface area contributed by atoms with E-state index in [9.17, 15) is 18.0 Å². The minimum Gasteiger partial charge on any atom is -0.468 e. The van der Waals surface area contributed by atoms with Gasteiger partial charge in [0, 0.05) is 0 Å². The van der Waals surface area contributed by atoms with E-state index in [2.05, 4.69) is 14.2 Å². The van der Waals surface area contributed by atoms with Crippen LogP contribution in [0.2, 0.25) is 0 Å². The molecule has 20 heavy (non-hydrogen) atoms. The predicted molar refractivity (Wildman–Crippen MR) is 69.7 cm³/mol. The smallest absolute Gasteiger partial charge is 0.337 e. The average molecular weight is 301 g/mol. The van der Waals surface area contributed by atoms with Crippen LogP contribution in [0.5, 0.6) is 0 Å². The second-order valence-electron chi connectivity index (χ2n) is 3.87. The van der Waals surface area contributed by atoms with E-state index in [0.717, 1.165) is 7.11 Å². The maximum Gasteiger partial charge on any atom is 0.337 e. The van der Waals surface area contributed by atoms with Crippen molar-refractivity contribution < 1.29 is 27.5 Å². The average Bonchev–Trinajstić information content (AvgIpc) is 2.44. The van der Waals surface area contributed by atoms with Crippen LogP contribution in [-0.4, -0.2) is 41.1 Å². The number of benzene rings is 1. The summed E-state index contributed by atoms with van der Waals surface area (Å²) in [5, 5.41) is 0. The van der Waals surface area contributed by atoms with Gasteiger partial charge < -0.3 is 9.47 Å². The van der Waals surface area contributed by atoms with E-state index in [1.807, 2.05) is 0 Å². The van der Waals surface area contributed by atoms with Gasteiger partial charge in [-0.1, -0.05) is 6.07 Å². The molecule has 1 N–H and O–H groups in total. The molecule has 7 nitrogen and oxygen atoms in total. The van der Waals surface area contributed by atoms with Gasteiger partial charge in [0.2, 0.25) is 10.0 Å². The van der Waals surface area contributed by atoms with Gasteiger partial charge in [0.05, 0.1) is 24.7 Å². The van der Waals surface area contributed by atoms with Crippen molar-refractivity contribution in [3.8, 4) is 0 Å². The van der Waals surface area contributed by atoms with Crippen LogP contribution >= 0.6 is 0 Å². The summed E-state index contributed by atoms with van der Waals surface area (Å²) in [4.78, 5) is 22.3. The molecule has 0 atom stereocenters. The molecule has 1 aromatic rings.